The van der Waals surface area contributed by atoms with Crippen LogP contribution in [-0.4, -0.2) is 57.3 Å². The number of phenols is 1. The lowest BCUT2D eigenvalue weighted by Gasteiger charge is -2.35. The number of aromatic hydroxyl groups is 1. The van der Waals surface area contributed by atoms with Gasteiger partial charge in [-0.05, 0) is 48.9 Å². The summed E-state index contributed by atoms with van der Waals surface area (Å²) in [7, 11) is 0. The summed E-state index contributed by atoms with van der Waals surface area (Å²) in [5, 5.41) is 22.3. The smallest absolute Gasteiger partial charge is 0.246 e. The molecule has 1 aliphatic heterocycles. The highest BCUT2D eigenvalue weighted by molar-refractivity contribution is 6.37. The van der Waals surface area contributed by atoms with Gasteiger partial charge in [0.2, 0.25) is 5.91 Å². The quantitative estimate of drug-likeness (QED) is 0.357. The van der Waals surface area contributed by atoms with E-state index in [2.05, 4.69) is 26.7 Å². The Bertz CT molecular complexity index is 1480. The fourth-order valence-corrected chi connectivity index (χ4v) is 5.07. The normalized spacial score (nSPS) is 13.8. The molecular formula is C27H23Cl2N5O2. The van der Waals surface area contributed by atoms with Crippen molar-refractivity contribution in [1.29, 1.82) is 0 Å². The molecule has 2 aromatic carbocycles. The average molecular weight is 520 g/mol. The van der Waals surface area contributed by atoms with Gasteiger partial charge in [0.25, 0.3) is 0 Å². The first-order valence-electron chi connectivity index (χ1n) is 11.4. The molecule has 0 saturated carbocycles. The van der Waals surface area contributed by atoms with E-state index in [9.17, 15) is 9.90 Å². The van der Waals surface area contributed by atoms with Crippen LogP contribution >= 0.6 is 23.2 Å². The molecule has 0 atom stereocenters. The number of piperazine rings is 1. The predicted octanol–water partition coefficient (Wildman–Crippen LogP) is 5.51. The molecule has 1 N–H and O–H groups in total. The molecule has 7 nitrogen and oxygen atoms in total. The number of carbonyl (C=O) groups is 1. The van der Waals surface area contributed by atoms with Crippen LogP contribution in [0.1, 0.15) is 5.56 Å². The Labute approximate surface area is 218 Å². The molecule has 2 aromatic heterocycles. The van der Waals surface area contributed by atoms with Crippen molar-refractivity contribution >= 4 is 45.7 Å². The first-order chi connectivity index (χ1) is 17.4. The predicted molar refractivity (Wildman–Crippen MR) is 144 cm³/mol. The van der Waals surface area contributed by atoms with Crippen LogP contribution < -0.4 is 4.90 Å². The summed E-state index contributed by atoms with van der Waals surface area (Å²) in [5.74, 6) is 0.631. The topological polar surface area (TPSA) is 82.5 Å². The molecule has 1 saturated heterocycles. The second-order valence-electron chi connectivity index (χ2n) is 8.59. The maximum atomic E-state index is 12.0. The van der Waals surface area contributed by atoms with Crippen molar-refractivity contribution in [2.75, 3.05) is 31.1 Å². The fourth-order valence-electron chi connectivity index (χ4n) is 4.54. The minimum Gasteiger partial charge on any atom is -0.507 e. The Morgan fingerprint density at radius 2 is 1.81 bits per heavy atom. The van der Waals surface area contributed by atoms with Crippen molar-refractivity contribution in [2.45, 2.75) is 6.92 Å². The number of carbonyl (C=O) groups excluding carboxylic acids is 1. The second-order valence-corrected chi connectivity index (χ2v) is 9.41. The van der Waals surface area contributed by atoms with Crippen LogP contribution in [0, 0.1) is 6.92 Å². The molecule has 36 heavy (non-hydrogen) atoms. The van der Waals surface area contributed by atoms with Crippen LogP contribution in [0.3, 0.4) is 0 Å². The third kappa shape index (κ3) is 4.25. The van der Waals surface area contributed by atoms with Gasteiger partial charge in [0.05, 0.1) is 5.02 Å². The molecule has 3 heterocycles. The van der Waals surface area contributed by atoms with Crippen LogP contribution in [0.4, 0.5) is 5.82 Å². The molecule has 4 aromatic rings. The van der Waals surface area contributed by atoms with E-state index in [0.717, 1.165) is 21.9 Å². The van der Waals surface area contributed by atoms with Gasteiger partial charge >= 0.3 is 0 Å². The van der Waals surface area contributed by atoms with E-state index in [0.29, 0.717) is 58.9 Å². The Kier molecular flexibility index (Phi) is 6.51. The lowest BCUT2D eigenvalue weighted by Crippen LogP contribution is -2.48. The van der Waals surface area contributed by atoms with Crippen LogP contribution in [-0.2, 0) is 4.79 Å². The third-order valence-electron chi connectivity index (χ3n) is 6.47. The Morgan fingerprint density at radius 3 is 2.50 bits per heavy atom. The van der Waals surface area contributed by atoms with Crippen LogP contribution in [0.15, 0.2) is 61.4 Å². The SMILES string of the molecule is C=CC(=O)N1CCN(c2nnc(-c3cnccc3C)c3cc(-c4c(O)cccc4Cl)c(Cl)cc23)CC1. The van der Waals surface area contributed by atoms with E-state index >= 15 is 0 Å². The van der Waals surface area contributed by atoms with Gasteiger partial charge in [-0.2, -0.15) is 0 Å². The maximum absolute atomic E-state index is 12.0. The van der Waals surface area contributed by atoms with Gasteiger partial charge in [0, 0.05) is 71.1 Å². The summed E-state index contributed by atoms with van der Waals surface area (Å²) in [6.45, 7) is 7.87. The number of aromatic nitrogens is 3. The average Bonchev–Trinajstić information content (AvgIpc) is 2.88. The number of anilines is 1. The van der Waals surface area contributed by atoms with Crippen molar-refractivity contribution in [1.82, 2.24) is 20.1 Å². The minimum atomic E-state index is -0.0831. The van der Waals surface area contributed by atoms with Crippen molar-refractivity contribution in [2.24, 2.45) is 0 Å². The number of fused-ring (bicyclic) bond motifs is 1. The number of pyridine rings is 1. The fraction of sp³-hybridized carbons (Fsp3) is 0.185. The highest BCUT2D eigenvalue weighted by Crippen LogP contribution is 2.44. The maximum Gasteiger partial charge on any atom is 0.246 e. The molecule has 5 rings (SSSR count). The monoisotopic (exact) mass is 519 g/mol. The summed E-state index contributed by atoms with van der Waals surface area (Å²) in [6.07, 6.45) is 4.83. The molecule has 182 valence electrons. The molecule has 0 radical (unpaired) electrons. The summed E-state index contributed by atoms with van der Waals surface area (Å²) >= 11 is 13.3. The number of hydrogen-bond acceptors (Lipinski definition) is 6. The van der Waals surface area contributed by atoms with Gasteiger partial charge in [-0.1, -0.05) is 35.8 Å². The van der Waals surface area contributed by atoms with Gasteiger partial charge in [0.15, 0.2) is 5.82 Å². The van der Waals surface area contributed by atoms with Gasteiger partial charge in [-0.3, -0.25) is 9.78 Å². The lowest BCUT2D eigenvalue weighted by molar-refractivity contribution is -0.126. The Balaban J connectivity index is 1.70. The van der Waals surface area contributed by atoms with E-state index in [1.54, 1.807) is 35.5 Å². The van der Waals surface area contributed by atoms with Gasteiger partial charge < -0.3 is 14.9 Å². The van der Waals surface area contributed by atoms with Gasteiger partial charge in [-0.15, -0.1) is 10.2 Å². The zero-order valence-electron chi connectivity index (χ0n) is 19.6. The lowest BCUT2D eigenvalue weighted by atomic mass is 9.97. The van der Waals surface area contributed by atoms with Crippen LogP contribution in [0.25, 0.3) is 33.2 Å². The van der Waals surface area contributed by atoms with Crippen LogP contribution in [0.5, 0.6) is 5.75 Å². The minimum absolute atomic E-state index is 0.0353. The third-order valence-corrected chi connectivity index (χ3v) is 7.10. The van der Waals surface area contributed by atoms with E-state index in [1.165, 1.54) is 6.08 Å². The van der Waals surface area contributed by atoms with Crippen molar-refractivity contribution < 1.29 is 9.90 Å². The van der Waals surface area contributed by atoms with Crippen molar-refractivity contribution in [3.05, 3.63) is 77.1 Å². The number of nitrogens with zero attached hydrogens (tertiary/aromatic N) is 5. The first kappa shape index (κ1) is 24.0. The summed E-state index contributed by atoms with van der Waals surface area (Å²) in [4.78, 5) is 20.2. The van der Waals surface area contributed by atoms with E-state index < -0.39 is 0 Å². The molecule has 0 bridgehead atoms. The highest BCUT2D eigenvalue weighted by atomic mass is 35.5. The number of aryl methyl sites for hydroxylation is 1. The Hall–Kier alpha value is -3.68. The number of hydrogen-bond donors (Lipinski definition) is 1. The second kappa shape index (κ2) is 9.76. The Morgan fingerprint density at radius 1 is 1.03 bits per heavy atom. The van der Waals surface area contributed by atoms with E-state index in [-0.39, 0.29) is 11.7 Å². The molecule has 0 spiro atoms. The zero-order valence-corrected chi connectivity index (χ0v) is 21.1. The summed E-state index contributed by atoms with van der Waals surface area (Å²) in [6, 6.07) is 10.6. The molecular weight excluding hydrogens is 497 g/mol. The van der Waals surface area contributed by atoms with Gasteiger partial charge in [0.1, 0.15) is 11.4 Å². The molecule has 1 aliphatic rings. The largest absolute Gasteiger partial charge is 0.507 e. The standard InChI is InChI=1S/C27H23Cl2N5O2/c1-3-24(36)33-9-11-34(12-10-33)27-18-14-22(29)19(25-21(28)5-4-6-23(25)35)13-17(18)26(31-32-27)20-15-30-8-7-16(20)2/h3-8,13-15,35H,1,9-12H2,2H3. The number of benzene rings is 2. The first-order valence-corrected chi connectivity index (χ1v) is 12.2. The van der Waals surface area contributed by atoms with Crippen LogP contribution in [0.2, 0.25) is 10.0 Å². The van der Waals surface area contributed by atoms with Gasteiger partial charge in [-0.25, -0.2) is 0 Å². The highest BCUT2D eigenvalue weighted by Gasteiger charge is 2.25. The zero-order chi connectivity index (χ0) is 25.4. The van der Waals surface area contributed by atoms with Crippen molar-refractivity contribution in [3.63, 3.8) is 0 Å². The molecule has 1 amide bonds. The van der Waals surface area contributed by atoms with E-state index in [1.807, 2.05) is 25.1 Å². The summed E-state index contributed by atoms with van der Waals surface area (Å²) in [5.41, 5.74) is 3.55. The molecule has 9 heteroatoms. The number of halogens is 2. The number of amides is 1. The molecule has 1 fully saturated rings. The molecule has 0 aliphatic carbocycles. The van der Waals surface area contributed by atoms with E-state index in [4.69, 9.17) is 23.2 Å². The summed E-state index contributed by atoms with van der Waals surface area (Å²) < 4.78 is 0. The molecule has 0 unspecified atom stereocenters. The van der Waals surface area contributed by atoms with Crippen molar-refractivity contribution in [3.8, 4) is 28.1 Å². The number of phenolic OH excluding ortho intramolecular Hbond substituents is 1. The number of rotatable bonds is 4.